The number of H-pyrrole nitrogens is 1. The minimum atomic E-state index is -3.50. The van der Waals surface area contributed by atoms with E-state index < -0.39 is 10.0 Å². The van der Waals surface area contributed by atoms with E-state index in [1.54, 1.807) is 19.1 Å². The number of aryl methyl sites for hydroxylation is 2. The van der Waals surface area contributed by atoms with Gasteiger partial charge in [0.05, 0.1) is 4.90 Å². The summed E-state index contributed by atoms with van der Waals surface area (Å²) >= 11 is 0. The van der Waals surface area contributed by atoms with Crippen molar-refractivity contribution in [2.45, 2.75) is 25.2 Å². The third-order valence-electron chi connectivity index (χ3n) is 2.66. The Hall–Kier alpha value is -1.80. The Bertz CT molecular complexity index is 652. The summed E-state index contributed by atoms with van der Waals surface area (Å²) in [6.07, 6.45) is 0.389. The fourth-order valence-electron chi connectivity index (χ4n) is 1.66. The van der Waals surface area contributed by atoms with Crippen LogP contribution in [0.5, 0.6) is 0 Å². The highest BCUT2D eigenvalue weighted by Gasteiger charge is 2.16. The number of benzene rings is 1. The molecule has 0 aliphatic carbocycles. The molecule has 0 unspecified atom stereocenters. The van der Waals surface area contributed by atoms with Crippen LogP contribution in [0, 0.1) is 13.8 Å². The van der Waals surface area contributed by atoms with E-state index in [4.69, 9.17) is 0 Å². The van der Waals surface area contributed by atoms with Gasteiger partial charge in [0, 0.05) is 13.0 Å². The van der Waals surface area contributed by atoms with E-state index in [1.807, 2.05) is 13.0 Å². The molecular weight excluding hydrogens is 266 g/mol. The number of rotatable bonds is 5. The lowest BCUT2D eigenvalue weighted by atomic mass is 10.2. The molecule has 8 heteroatoms. The first-order chi connectivity index (χ1) is 8.99. The Morgan fingerprint density at radius 2 is 2.11 bits per heavy atom. The predicted octanol–water partition coefficient (Wildman–Crippen LogP) is 0.338. The van der Waals surface area contributed by atoms with E-state index in [-0.39, 0.29) is 6.54 Å². The molecule has 0 amide bonds. The van der Waals surface area contributed by atoms with Crippen LogP contribution in [0.1, 0.15) is 17.0 Å². The number of hydrogen-bond acceptors (Lipinski definition) is 5. The number of sulfonamides is 1. The van der Waals surface area contributed by atoms with Crippen LogP contribution < -0.4 is 4.72 Å². The molecule has 2 rings (SSSR count). The van der Waals surface area contributed by atoms with Crippen molar-refractivity contribution in [1.29, 1.82) is 0 Å². The molecule has 2 aromatic rings. The molecular formula is C11H15N5O2S. The second-order valence-corrected chi connectivity index (χ2v) is 5.98. The van der Waals surface area contributed by atoms with Gasteiger partial charge in [-0.15, -0.1) is 10.2 Å². The smallest absolute Gasteiger partial charge is 0.211 e. The topological polar surface area (TPSA) is 101 Å². The first kappa shape index (κ1) is 13.6. The zero-order valence-electron chi connectivity index (χ0n) is 10.7. The van der Waals surface area contributed by atoms with E-state index in [0.717, 1.165) is 11.1 Å². The minimum absolute atomic E-state index is 0.231. The third kappa shape index (κ3) is 3.36. The number of nitrogens with one attached hydrogen (secondary N) is 2. The number of tetrazole rings is 1. The van der Waals surface area contributed by atoms with Crippen LogP contribution in [0.3, 0.4) is 0 Å². The number of nitrogens with zero attached hydrogens (tertiary/aromatic N) is 3. The summed E-state index contributed by atoms with van der Waals surface area (Å²) < 4.78 is 26.8. The molecule has 102 valence electrons. The van der Waals surface area contributed by atoms with Crippen LogP contribution in [-0.4, -0.2) is 35.6 Å². The first-order valence-corrected chi connectivity index (χ1v) is 7.26. The van der Waals surface area contributed by atoms with Crippen LogP contribution in [0.2, 0.25) is 0 Å². The number of aromatic nitrogens is 4. The van der Waals surface area contributed by atoms with Crippen molar-refractivity contribution in [2.24, 2.45) is 0 Å². The Kier molecular flexibility index (Phi) is 3.91. The van der Waals surface area contributed by atoms with Crippen molar-refractivity contribution >= 4 is 10.0 Å². The maximum Gasteiger partial charge on any atom is 0.240 e. The molecule has 0 atom stereocenters. The standard InChI is InChI=1S/C11H15N5O2S/c1-8-3-4-9(2)10(7-8)19(17,18)12-6-5-11-13-15-16-14-11/h3-4,7,12H,5-6H2,1-2H3,(H,13,14,15,16). The Morgan fingerprint density at radius 3 is 2.79 bits per heavy atom. The van der Waals surface area contributed by atoms with Gasteiger partial charge >= 0.3 is 0 Å². The van der Waals surface area contributed by atoms with Gasteiger partial charge in [-0.1, -0.05) is 17.3 Å². The molecule has 2 N–H and O–H groups in total. The van der Waals surface area contributed by atoms with Crippen molar-refractivity contribution in [1.82, 2.24) is 25.3 Å². The summed E-state index contributed by atoms with van der Waals surface area (Å²) in [5.74, 6) is 0.476. The van der Waals surface area contributed by atoms with Crippen LogP contribution in [0.25, 0.3) is 0 Å². The first-order valence-electron chi connectivity index (χ1n) is 5.78. The van der Waals surface area contributed by atoms with Gasteiger partial charge in [-0.2, -0.15) is 5.21 Å². The van der Waals surface area contributed by atoms with E-state index >= 15 is 0 Å². The molecule has 0 saturated heterocycles. The molecule has 0 aliphatic heterocycles. The summed E-state index contributed by atoms with van der Waals surface area (Å²) in [7, 11) is -3.50. The van der Waals surface area contributed by atoms with Gasteiger partial charge in [0.25, 0.3) is 0 Å². The summed E-state index contributed by atoms with van der Waals surface area (Å²) in [6, 6.07) is 5.34. The molecule has 0 spiro atoms. The van der Waals surface area contributed by atoms with E-state index in [2.05, 4.69) is 25.3 Å². The normalized spacial score (nSPS) is 11.7. The molecule has 1 heterocycles. The van der Waals surface area contributed by atoms with Gasteiger partial charge in [-0.3, -0.25) is 0 Å². The summed E-state index contributed by atoms with van der Waals surface area (Å²) in [4.78, 5) is 0.306. The van der Waals surface area contributed by atoms with Crippen LogP contribution >= 0.6 is 0 Å². The van der Waals surface area contributed by atoms with Crippen molar-refractivity contribution < 1.29 is 8.42 Å². The molecule has 0 radical (unpaired) electrons. The lowest BCUT2D eigenvalue weighted by Crippen LogP contribution is -2.27. The van der Waals surface area contributed by atoms with Gasteiger partial charge in [-0.05, 0) is 31.0 Å². The molecule has 0 aliphatic rings. The second kappa shape index (κ2) is 5.45. The highest BCUT2D eigenvalue weighted by molar-refractivity contribution is 7.89. The maximum atomic E-state index is 12.2. The summed E-state index contributed by atoms with van der Waals surface area (Å²) in [6.45, 7) is 3.86. The highest BCUT2D eigenvalue weighted by atomic mass is 32.2. The lowest BCUT2D eigenvalue weighted by Gasteiger charge is -2.09. The zero-order valence-corrected chi connectivity index (χ0v) is 11.5. The average Bonchev–Trinajstić information content (AvgIpc) is 2.85. The molecule has 7 nitrogen and oxygen atoms in total. The lowest BCUT2D eigenvalue weighted by molar-refractivity contribution is 0.580. The van der Waals surface area contributed by atoms with Gasteiger partial charge in [0.15, 0.2) is 5.82 Å². The van der Waals surface area contributed by atoms with Crippen molar-refractivity contribution in [3.8, 4) is 0 Å². The largest absolute Gasteiger partial charge is 0.240 e. The molecule has 0 saturated carbocycles. The molecule has 1 aromatic heterocycles. The van der Waals surface area contributed by atoms with Crippen LogP contribution in [-0.2, 0) is 16.4 Å². The SMILES string of the molecule is Cc1ccc(C)c(S(=O)(=O)NCCc2nn[nH]n2)c1. The highest BCUT2D eigenvalue weighted by Crippen LogP contribution is 2.16. The zero-order chi connectivity index (χ0) is 13.9. The maximum absolute atomic E-state index is 12.2. The molecule has 0 bridgehead atoms. The molecule has 0 fully saturated rings. The molecule has 19 heavy (non-hydrogen) atoms. The van der Waals surface area contributed by atoms with Crippen molar-refractivity contribution in [3.63, 3.8) is 0 Å². The number of aromatic amines is 1. The van der Waals surface area contributed by atoms with E-state index in [9.17, 15) is 8.42 Å². The van der Waals surface area contributed by atoms with E-state index in [0.29, 0.717) is 17.1 Å². The number of hydrogen-bond donors (Lipinski definition) is 2. The monoisotopic (exact) mass is 281 g/mol. The Labute approximate surface area is 111 Å². The summed E-state index contributed by atoms with van der Waals surface area (Å²) in [5, 5.41) is 13.2. The van der Waals surface area contributed by atoms with Gasteiger partial charge < -0.3 is 0 Å². The van der Waals surface area contributed by atoms with E-state index in [1.165, 1.54) is 0 Å². The quantitative estimate of drug-likeness (QED) is 0.823. The van der Waals surface area contributed by atoms with Gasteiger partial charge in [-0.25, -0.2) is 13.1 Å². The summed E-state index contributed by atoms with van der Waals surface area (Å²) in [5.41, 5.74) is 1.63. The minimum Gasteiger partial charge on any atom is -0.211 e. The fourth-order valence-corrected chi connectivity index (χ4v) is 3.02. The second-order valence-electron chi connectivity index (χ2n) is 4.24. The third-order valence-corrected chi connectivity index (χ3v) is 4.27. The predicted molar refractivity (Wildman–Crippen MR) is 69.0 cm³/mol. The molecule has 1 aromatic carbocycles. The average molecular weight is 281 g/mol. The Balaban J connectivity index is 2.07. The van der Waals surface area contributed by atoms with Gasteiger partial charge in [0.2, 0.25) is 10.0 Å². The Morgan fingerprint density at radius 1 is 1.32 bits per heavy atom. The fraction of sp³-hybridized carbons (Fsp3) is 0.364. The van der Waals surface area contributed by atoms with Crippen molar-refractivity contribution in [2.75, 3.05) is 6.54 Å². The van der Waals surface area contributed by atoms with Crippen molar-refractivity contribution in [3.05, 3.63) is 35.2 Å². The van der Waals surface area contributed by atoms with Crippen LogP contribution in [0.15, 0.2) is 23.1 Å². The van der Waals surface area contributed by atoms with Crippen LogP contribution in [0.4, 0.5) is 0 Å². The van der Waals surface area contributed by atoms with Gasteiger partial charge in [0.1, 0.15) is 0 Å².